The second kappa shape index (κ2) is 9.25. The molecule has 34 heavy (non-hydrogen) atoms. The zero-order valence-corrected chi connectivity index (χ0v) is 20.1. The molecule has 8 nitrogen and oxygen atoms in total. The number of thiophene rings is 1. The van der Waals surface area contributed by atoms with E-state index in [0.717, 1.165) is 24.4 Å². The molecule has 0 aliphatic carbocycles. The molecule has 4 aromatic rings. The lowest BCUT2D eigenvalue weighted by Crippen LogP contribution is -2.27. The van der Waals surface area contributed by atoms with Gasteiger partial charge in [-0.1, -0.05) is 41.9 Å². The molecule has 4 heterocycles. The smallest absolute Gasteiger partial charge is 0.356 e. The van der Waals surface area contributed by atoms with Gasteiger partial charge in [-0.15, -0.1) is 11.3 Å². The number of likely N-dealkylation sites (N-methyl/N-ethyl adjacent to an activating group) is 1. The molecule has 1 unspecified atom stereocenters. The lowest BCUT2D eigenvalue weighted by Gasteiger charge is -2.15. The van der Waals surface area contributed by atoms with Crippen LogP contribution in [-0.2, 0) is 11.3 Å². The summed E-state index contributed by atoms with van der Waals surface area (Å²) >= 11 is 7.43. The average Bonchev–Trinajstić information content (AvgIpc) is 3.60. The Bertz CT molecular complexity index is 1370. The van der Waals surface area contributed by atoms with Crippen LogP contribution in [0.3, 0.4) is 0 Å². The van der Waals surface area contributed by atoms with Crippen molar-refractivity contribution in [2.45, 2.75) is 26.0 Å². The number of hydrogen-bond acceptors (Lipinski definition) is 7. The lowest BCUT2D eigenvalue weighted by atomic mass is 10.1. The number of carbonyl (C=O) groups is 2. The molecule has 5 rings (SSSR count). The number of halogens is 1. The van der Waals surface area contributed by atoms with Gasteiger partial charge >= 0.3 is 5.97 Å². The topological polar surface area (TPSA) is 104 Å². The molecule has 10 heteroatoms. The van der Waals surface area contributed by atoms with Crippen molar-refractivity contribution in [1.29, 1.82) is 0 Å². The summed E-state index contributed by atoms with van der Waals surface area (Å²) in [5.41, 5.74) is 7.31. The third kappa shape index (κ3) is 4.22. The van der Waals surface area contributed by atoms with Crippen molar-refractivity contribution in [3.8, 4) is 10.6 Å². The van der Waals surface area contributed by atoms with Gasteiger partial charge in [-0.3, -0.25) is 9.69 Å². The first kappa shape index (κ1) is 22.6. The fraction of sp³-hybridized carbons (Fsp3) is 0.292. The van der Waals surface area contributed by atoms with E-state index in [0.29, 0.717) is 33.2 Å². The first-order valence-electron chi connectivity index (χ1n) is 11.0. The van der Waals surface area contributed by atoms with Crippen LogP contribution in [0.15, 0.2) is 47.0 Å². The quantitative estimate of drug-likeness (QED) is 0.378. The number of ether oxygens (including phenoxy) is 1. The number of likely N-dealkylation sites (tertiary alicyclic amines) is 1. The highest BCUT2D eigenvalue weighted by Gasteiger charge is 2.31. The van der Waals surface area contributed by atoms with Gasteiger partial charge in [0.2, 0.25) is 0 Å². The van der Waals surface area contributed by atoms with E-state index in [-0.39, 0.29) is 23.9 Å². The van der Waals surface area contributed by atoms with Gasteiger partial charge in [-0.25, -0.2) is 4.79 Å². The maximum absolute atomic E-state index is 13.4. The standard InChI is InChI=1S/C24H23ClN4O4S/c1-2-28-10-9-15(13-28)32-24(31)22-21(23(26)30)16-5-3-4-6-17(16)29(22)12-14-11-18(33-27-14)19-7-8-20(25)34-19/h3-8,11,15H,2,9-10,12-13H2,1H3,(H2,26,30). The number of carbonyl (C=O) groups excluding carboxylic acids is 2. The summed E-state index contributed by atoms with van der Waals surface area (Å²) in [6, 6.07) is 12.7. The number of benzene rings is 1. The predicted octanol–water partition coefficient (Wildman–Crippen LogP) is 4.41. The van der Waals surface area contributed by atoms with E-state index in [2.05, 4.69) is 17.0 Å². The van der Waals surface area contributed by atoms with E-state index in [1.807, 2.05) is 18.2 Å². The van der Waals surface area contributed by atoms with Crippen LogP contribution in [0.4, 0.5) is 0 Å². The number of rotatable bonds is 7. The molecule has 0 saturated carbocycles. The van der Waals surface area contributed by atoms with E-state index >= 15 is 0 Å². The van der Waals surface area contributed by atoms with Crippen LogP contribution in [0.25, 0.3) is 21.5 Å². The minimum Gasteiger partial charge on any atom is -0.456 e. The minimum atomic E-state index is -0.683. The maximum atomic E-state index is 13.4. The van der Waals surface area contributed by atoms with E-state index in [4.69, 9.17) is 26.6 Å². The minimum absolute atomic E-state index is 0.132. The Morgan fingerprint density at radius 1 is 1.29 bits per heavy atom. The Labute approximate surface area is 204 Å². The zero-order chi connectivity index (χ0) is 23.8. The third-order valence-electron chi connectivity index (χ3n) is 6.06. The molecular formula is C24H23ClN4O4S. The molecule has 3 aromatic heterocycles. The molecule has 1 saturated heterocycles. The molecule has 1 aromatic carbocycles. The third-order valence-corrected chi connectivity index (χ3v) is 7.30. The van der Waals surface area contributed by atoms with Gasteiger partial charge in [0.1, 0.15) is 17.5 Å². The van der Waals surface area contributed by atoms with Crippen molar-refractivity contribution in [1.82, 2.24) is 14.6 Å². The number of aromatic nitrogens is 2. The Kier molecular flexibility index (Phi) is 6.16. The van der Waals surface area contributed by atoms with Crippen LogP contribution in [0.2, 0.25) is 4.34 Å². The number of amides is 1. The molecule has 1 atom stereocenters. The van der Waals surface area contributed by atoms with Gasteiger partial charge in [0.15, 0.2) is 5.76 Å². The van der Waals surface area contributed by atoms with Gasteiger partial charge in [0.25, 0.3) is 5.91 Å². The number of nitrogens with two attached hydrogens (primary N) is 1. The Morgan fingerprint density at radius 2 is 2.12 bits per heavy atom. The van der Waals surface area contributed by atoms with Crippen LogP contribution < -0.4 is 5.73 Å². The highest BCUT2D eigenvalue weighted by atomic mass is 35.5. The molecule has 1 amide bonds. The highest BCUT2D eigenvalue weighted by molar-refractivity contribution is 7.19. The predicted molar refractivity (Wildman–Crippen MR) is 130 cm³/mol. The first-order chi connectivity index (χ1) is 16.4. The molecule has 176 valence electrons. The van der Waals surface area contributed by atoms with Crippen LogP contribution in [0, 0.1) is 0 Å². The monoisotopic (exact) mass is 498 g/mol. The Balaban J connectivity index is 1.53. The van der Waals surface area contributed by atoms with Gasteiger partial charge in [0, 0.05) is 30.1 Å². The van der Waals surface area contributed by atoms with Crippen LogP contribution in [0.1, 0.15) is 39.9 Å². The SMILES string of the molecule is CCN1CCC(OC(=O)c2c(C(N)=O)c3ccccc3n2Cc2cc(-c3ccc(Cl)s3)on2)C1. The molecular weight excluding hydrogens is 476 g/mol. The molecule has 0 bridgehead atoms. The number of fused-ring (bicyclic) bond motifs is 1. The van der Waals surface area contributed by atoms with Gasteiger partial charge in [-0.05, 0) is 31.2 Å². The average molecular weight is 499 g/mol. The van der Waals surface area contributed by atoms with Gasteiger partial charge < -0.3 is 19.6 Å². The van der Waals surface area contributed by atoms with Crippen LogP contribution in [-0.4, -0.2) is 52.2 Å². The van der Waals surface area contributed by atoms with E-state index in [1.165, 1.54) is 11.3 Å². The fourth-order valence-electron chi connectivity index (χ4n) is 4.43. The summed E-state index contributed by atoms with van der Waals surface area (Å²) in [6.07, 6.45) is 0.517. The number of nitrogens with zero attached hydrogens (tertiary/aromatic N) is 3. The van der Waals surface area contributed by atoms with E-state index in [1.54, 1.807) is 28.8 Å². The van der Waals surface area contributed by atoms with Crippen molar-refractivity contribution in [2.75, 3.05) is 19.6 Å². The molecule has 1 aliphatic heterocycles. The number of primary amides is 1. The largest absolute Gasteiger partial charge is 0.456 e. The Hall–Kier alpha value is -3.14. The fourth-order valence-corrected chi connectivity index (χ4v) is 5.42. The maximum Gasteiger partial charge on any atom is 0.356 e. The van der Waals surface area contributed by atoms with Crippen LogP contribution >= 0.6 is 22.9 Å². The van der Waals surface area contributed by atoms with Crippen LogP contribution in [0.5, 0.6) is 0 Å². The van der Waals surface area contributed by atoms with Crippen molar-refractivity contribution < 1.29 is 18.8 Å². The van der Waals surface area contributed by atoms with Crippen molar-refractivity contribution >= 4 is 45.7 Å². The number of para-hydroxylation sites is 1. The number of hydrogen-bond donors (Lipinski definition) is 1. The van der Waals surface area contributed by atoms with Crippen molar-refractivity contribution in [3.05, 3.63) is 63.8 Å². The summed E-state index contributed by atoms with van der Waals surface area (Å²) in [7, 11) is 0. The molecule has 0 spiro atoms. The van der Waals surface area contributed by atoms with Gasteiger partial charge in [0.05, 0.1) is 21.3 Å². The second-order valence-corrected chi connectivity index (χ2v) is 9.90. The van der Waals surface area contributed by atoms with Crippen molar-refractivity contribution in [2.24, 2.45) is 5.73 Å². The zero-order valence-electron chi connectivity index (χ0n) is 18.5. The molecule has 0 radical (unpaired) electrons. The molecule has 2 N–H and O–H groups in total. The normalized spacial score (nSPS) is 16.4. The summed E-state index contributed by atoms with van der Waals surface area (Å²) in [4.78, 5) is 29.0. The van der Waals surface area contributed by atoms with E-state index < -0.39 is 11.9 Å². The number of esters is 1. The highest BCUT2D eigenvalue weighted by Crippen LogP contribution is 2.33. The Morgan fingerprint density at radius 3 is 2.82 bits per heavy atom. The second-order valence-electron chi connectivity index (χ2n) is 8.19. The first-order valence-corrected chi connectivity index (χ1v) is 12.2. The lowest BCUT2D eigenvalue weighted by molar-refractivity contribution is 0.0309. The van der Waals surface area contributed by atoms with E-state index in [9.17, 15) is 9.59 Å². The summed E-state index contributed by atoms with van der Waals surface area (Å²) < 4.78 is 13.7. The van der Waals surface area contributed by atoms with Gasteiger partial charge in [-0.2, -0.15) is 0 Å². The molecule has 1 aliphatic rings. The summed E-state index contributed by atoms with van der Waals surface area (Å²) in [5.74, 6) is -0.674. The van der Waals surface area contributed by atoms with Crippen molar-refractivity contribution in [3.63, 3.8) is 0 Å². The summed E-state index contributed by atoms with van der Waals surface area (Å²) in [5, 5.41) is 4.77. The summed E-state index contributed by atoms with van der Waals surface area (Å²) in [6.45, 7) is 4.71. The molecule has 1 fully saturated rings.